The average Bonchev–Trinajstić information content (AvgIpc) is 3.04. The summed E-state index contributed by atoms with van der Waals surface area (Å²) in [5, 5.41) is 6.17. The number of nitrogens with two attached hydrogens (primary N) is 3. The van der Waals surface area contributed by atoms with Gasteiger partial charge in [0.25, 0.3) is 10.0 Å². The van der Waals surface area contributed by atoms with E-state index in [0.717, 1.165) is 25.0 Å². The molecule has 0 amide bonds. The Morgan fingerprint density at radius 2 is 1.88 bits per heavy atom. The zero-order valence-corrected chi connectivity index (χ0v) is 15.6. The Labute approximate surface area is 156 Å². The van der Waals surface area contributed by atoms with E-state index in [2.05, 4.69) is 19.9 Å². The zero-order valence-electron chi connectivity index (χ0n) is 14.0. The van der Waals surface area contributed by atoms with Crippen LogP contribution < -0.4 is 22.0 Å². The first-order chi connectivity index (χ1) is 12.4. The number of guanidine groups is 1. The first-order valence-corrected chi connectivity index (χ1v) is 10.2. The molecule has 0 saturated heterocycles. The standard InChI is InChI=1S/C15H21N7O2S2/c16-13(21-22-26(23,24)12-7-2-1-3-8-12)9-5-4-6-11-10-25-15(19-11)20-14(17)18/h1-3,7-8,10,22H,4-6,9H2,(H2,16,21)(H4,17,18,19,20). The summed E-state index contributed by atoms with van der Waals surface area (Å²) in [7, 11) is -3.70. The lowest BCUT2D eigenvalue weighted by Gasteiger charge is -2.05. The molecule has 1 aromatic heterocycles. The molecule has 2 rings (SSSR count). The number of sulfonamides is 1. The molecule has 11 heteroatoms. The quantitative estimate of drug-likeness (QED) is 0.214. The van der Waals surface area contributed by atoms with Gasteiger partial charge < -0.3 is 17.2 Å². The minimum atomic E-state index is -3.70. The fourth-order valence-corrected chi connectivity index (χ4v) is 3.61. The molecule has 0 aliphatic carbocycles. The van der Waals surface area contributed by atoms with Crippen molar-refractivity contribution in [1.82, 2.24) is 9.82 Å². The number of hydrazone groups is 1. The number of aromatic nitrogens is 1. The highest BCUT2D eigenvalue weighted by atomic mass is 32.2. The number of unbranched alkanes of at least 4 members (excludes halogenated alkanes) is 1. The molecule has 0 bridgehead atoms. The monoisotopic (exact) mass is 395 g/mol. The number of hydrogen-bond donors (Lipinski definition) is 4. The SMILES string of the molecule is NC(N)=Nc1nc(CCCCC(N)=NNS(=O)(=O)c2ccccc2)cs1. The normalized spacial score (nSPS) is 11.9. The van der Waals surface area contributed by atoms with Crippen LogP contribution >= 0.6 is 11.3 Å². The third-order valence-electron chi connectivity index (χ3n) is 3.24. The van der Waals surface area contributed by atoms with Gasteiger partial charge >= 0.3 is 0 Å². The van der Waals surface area contributed by atoms with Crippen LogP contribution in [0.25, 0.3) is 0 Å². The summed E-state index contributed by atoms with van der Waals surface area (Å²) in [6.45, 7) is 0. The lowest BCUT2D eigenvalue weighted by atomic mass is 10.1. The molecule has 0 fully saturated rings. The van der Waals surface area contributed by atoms with Crippen LogP contribution in [-0.2, 0) is 16.4 Å². The zero-order chi connectivity index (χ0) is 19.0. The smallest absolute Gasteiger partial charge is 0.276 e. The number of thiazole rings is 1. The second kappa shape index (κ2) is 9.15. The van der Waals surface area contributed by atoms with E-state index in [4.69, 9.17) is 17.2 Å². The Kier molecular flexibility index (Phi) is 6.92. The Morgan fingerprint density at radius 3 is 2.58 bits per heavy atom. The summed E-state index contributed by atoms with van der Waals surface area (Å²) < 4.78 is 24.0. The van der Waals surface area contributed by atoms with Gasteiger partial charge in [0, 0.05) is 11.8 Å². The summed E-state index contributed by atoms with van der Waals surface area (Å²) in [6.07, 6.45) is 2.80. The van der Waals surface area contributed by atoms with Crippen LogP contribution in [0.2, 0.25) is 0 Å². The van der Waals surface area contributed by atoms with Gasteiger partial charge in [0.05, 0.1) is 10.6 Å². The molecule has 26 heavy (non-hydrogen) atoms. The molecule has 2 aromatic rings. The van der Waals surface area contributed by atoms with Crippen molar-refractivity contribution in [2.45, 2.75) is 30.6 Å². The number of rotatable bonds is 9. The van der Waals surface area contributed by atoms with Crippen LogP contribution in [0.15, 0.2) is 50.7 Å². The van der Waals surface area contributed by atoms with Gasteiger partial charge in [-0.05, 0) is 31.4 Å². The van der Waals surface area contributed by atoms with Crippen LogP contribution in [0.5, 0.6) is 0 Å². The van der Waals surface area contributed by atoms with E-state index in [9.17, 15) is 8.42 Å². The second-order valence-corrected chi connectivity index (χ2v) is 7.87. The number of aryl methyl sites for hydroxylation is 1. The van der Waals surface area contributed by atoms with E-state index in [1.54, 1.807) is 18.2 Å². The molecule has 7 N–H and O–H groups in total. The van der Waals surface area contributed by atoms with E-state index in [-0.39, 0.29) is 16.7 Å². The molecule has 0 aliphatic heterocycles. The summed E-state index contributed by atoms with van der Waals surface area (Å²) in [5.74, 6) is 0.205. The van der Waals surface area contributed by atoms with Gasteiger partial charge in [0.15, 0.2) is 5.96 Å². The number of hydrogen-bond acceptors (Lipinski definition) is 6. The van der Waals surface area contributed by atoms with Crippen LogP contribution in [0.3, 0.4) is 0 Å². The van der Waals surface area contributed by atoms with Gasteiger partial charge in [0.2, 0.25) is 5.13 Å². The predicted molar refractivity (Wildman–Crippen MR) is 104 cm³/mol. The number of aliphatic imine (C=N–C) groups is 1. The van der Waals surface area contributed by atoms with Gasteiger partial charge in [-0.1, -0.05) is 18.2 Å². The lowest BCUT2D eigenvalue weighted by Crippen LogP contribution is -2.23. The third-order valence-corrected chi connectivity index (χ3v) is 5.25. The van der Waals surface area contributed by atoms with Crippen LogP contribution in [0, 0.1) is 0 Å². The van der Waals surface area contributed by atoms with Crippen molar-refractivity contribution in [2.75, 3.05) is 0 Å². The van der Waals surface area contributed by atoms with Gasteiger partial charge in [-0.2, -0.15) is 23.3 Å². The van der Waals surface area contributed by atoms with Crippen LogP contribution in [0.4, 0.5) is 5.13 Å². The minimum absolute atomic E-state index is 0.0205. The molecule has 0 saturated carbocycles. The average molecular weight is 396 g/mol. The topological polar surface area (TPSA) is 162 Å². The summed E-state index contributed by atoms with van der Waals surface area (Å²) in [5.41, 5.74) is 17.3. The molecule has 9 nitrogen and oxygen atoms in total. The van der Waals surface area contributed by atoms with Crippen LogP contribution in [-0.4, -0.2) is 25.2 Å². The maximum atomic E-state index is 12.0. The highest BCUT2D eigenvalue weighted by molar-refractivity contribution is 7.89. The largest absolute Gasteiger partial charge is 0.386 e. The Bertz CT molecular complexity index is 872. The van der Waals surface area contributed by atoms with E-state index >= 15 is 0 Å². The number of nitrogens with one attached hydrogen (secondary N) is 1. The Balaban J connectivity index is 1.76. The molecule has 0 spiro atoms. The van der Waals surface area contributed by atoms with Crippen molar-refractivity contribution in [2.24, 2.45) is 27.3 Å². The first-order valence-electron chi connectivity index (χ1n) is 7.80. The second-order valence-electron chi connectivity index (χ2n) is 5.38. The summed E-state index contributed by atoms with van der Waals surface area (Å²) in [6, 6.07) is 7.98. The molecule has 0 unspecified atom stereocenters. The van der Waals surface area contributed by atoms with Crippen molar-refractivity contribution in [1.29, 1.82) is 0 Å². The summed E-state index contributed by atoms with van der Waals surface area (Å²) in [4.78, 5) is 10.4. The van der Waals surface area contributed by atoms with E-state index < -0.39 is 10.0 Å². The van der Waals surface area contributed by atoms with Gasteiger partial charge in [-0.3, -0.25) is 0 Å². The number of benzene rings is 1. The van der Waals surface area contributed by atoms with Gasteiger partial charge in [0.1, 0.15) is 5.84 Å². The van der Waals surface area contributed by atoms with Crippen molar-refractivity contribution in [3.63, 3.8) is 0 Å². The van der Waals surface area contributed by atoms with Crippen molar-refractivity contribution < 1.29 is 8.42 Å². The molecule has 0 atom stereocenters. The van der Waals surface area contributed by atoms with Crippen molar-refractivity contribution in [3.05, 3.63) is 41.4 Å². The van der Waals surface area contributed by atoms with Crippen LogP contribution in [0.1, 0.15) is 25.0 Å². The van der Waals surface area contributed by atoms with Gasteiger partial charge in [-0.25, -0.2) is 4.98 Å². The lowest BCUT2D eigenvalue weighted by molar-refractivity contribution is 0.584. The fourth-order valence-electron chi connectivity index (χ4n) is 2.01. The van der Waals surface area contributed by atoms with Gasteiger partial charge in [-0.15, -0.1) is 11.3 Å². The summed E-state index contributed by atoms with van der Waals surface area (Å²) >= 11 is 1.37. The van der Waals surface area contributed by atoms with E-state index in [0.29, 0.717) is 11.6 Å². The molecule has 0 aliphatic rings. The number of amidine groups is 1. The molecule has 1 aromatic carbocycles. The van der Waals surface area contributed by atoms with E-state index in [1.165, 1.54) is 23.5 Å². The minimum Gasteiger partial charge on any atom is -0.386 e. The molecular weight excluding hydrogens is 374 g/mol. The molecular formula is C15H21N7O2S2. The van der Waals surface area contributed by atoms with Crippen molar-refractivity contribution in [3.8, 4) is 0 Å². The molecule has 0 radical (unpaired) electrons. The highest BCUT2D eigenvalue weighted by Gasteiger charge is 2.11. The molecule has 140 valence electrons. The maximum Gasteiger partial charge on any atom is 0.276 e. The Hall–Kier alpha value is -2.66. The third kappa shape index (κ3) is 6.33. The fraction of sp³-hybridized carbons (Fsp3) is 0.267. The molecule has 1 heterocycles. The van der Waals surface area contributed by atoms with Crippen molar-refractivity contribution >= 4 is 38.3 Å². The Morgan fingerprint density at radius 1 is 1.15 bits per heavy atom. The maximum absolute atomic E-state index is 12.0. The number of nitrogens with zero attached hydrogens (tertiary/aromatic N) is 3. The predicted octanol–water partition coefficient (Wildman–Crippen LogP) is 1.01. The van der Waals surface area contributed by atoms with E-state index in [1.807, 2.05) is 5.38 Å². The first kappa shape index (κ1) is 19.7. The highest BCUT2D eigenvalue weighted by Crippen LogP contribution is 2.19.